The zero-order valence-corrected chi connectivity index (χ0v) is 14.5. The predicted octanol–water partition coefficient (Wildman–Crippen LogP) is 5.51. The number of hydrogen-bond donors (Lipinski definition) is 1. The Labute approximate surface area is 135 Å². The Balaban J connectivity index is 0.000000366. The van der Waals surface area contributed by atoms with Gasteiger partial charge in [0.15, 0.2) is 0 Å². The van der Waals surface area contributed by atoms with Gasteiger partial charge in [0.05, 0.1) is 0 Å². The van der Waals surface area contributed by atoms with Gasteiger partial charge < -0.3 is 5.32 Å². The van der Waals surface area contributed by atoms with Crippen molar-refractivity contribution >= 4 is 12.0 Å². The molecule has 1 N–H and O–H groups in total. The van der Waals surface area contributed by atoms with Gasteiger partial charge in [0.1, 0.15) is 6.29 Å². The fourth-order valence-corrected chi connectivity index (χ4v) is 1.77. The molecule has 0 fully saturated rings. The highest BCUT2D eigenvalue weighted by molar-refractivity contribution is 5.74. The molecule has 120 valence electrons. The van der Waals surface area contributed by atoms with Crippen LogP contribution in [0.5, 0.6) is 0 Å². The predicted molar refractivity (Wildman–Crippen MR) is 97.9 cm³/mol. The van der Waals surface area contributed by atoms with E-state index in [1.54, 1.807) is 0 Å². The molecule has 0 heterocycles. The Morgan fingerprint density at radius 3 is 1.91 bits per heavy atom. The van der Waals surface area contributed by atoms with Gasteiger partial charge in [0.2, 0.25) is 0 Å². The Kier molecular flexibility index (Phi) is 11.4. The van der Waals surface area contributed by atoms with Gasteiger partial charge in [0, 0.05) is 18.3 Å². The first-order valence-corrected chi connectivity index (χ1v) is 7.98. The monoisotopic (exact) mass is 299 g/mol. The second-order valence-corrected chi connectivity index (χ2v) is 4.73. The minimum atomic E-state index is 0.754. The summed E-state index contributed by atoms with van der Waals surface area (Å²) in [6.45, 7) is 8.23. The average Bonchev–Trinajstić information content (AvgIpc) is 2.59. The second-order valence-electron chi connectivity index (χ2n) is 4.73. The largest absolute Gasteiger partial charge is 0.388 e. The molecular weight excluding hydrogens is 270 g/mol. The summed E-state index contributed by atoms with van der Waals surface area (Å²) in [4.78, 5) is 10.3. The third-order valence-corrected chi connectivity index (χ3v) is 2.99. The van der Waals surface area contributed by atoms with Crippen LogP contribution in [0.2, 0.25) is 0 Å². The van der Waals surface area contributed by atoms with E-state index in [0.29, 0.717) is 0 Å². The molecule has 0 spiro atoms. The molecule has 2 nitrogen and oxygen atoms in total. The molecule has 0 aromatic heterocycles. The summed E-state index contributed by atoms with van der Waals surface area (Å²) in [6, 6.07) is 16.0. The number of benzene rings is 2. The Morgan fingerprint density at radius 2 is 1.50 bits per heavy atom. The van der Waals surface area contributed by atoms with Crippen LogP contribution in [0.25, 0.3) is 0 Å². The van der Waals surface area contributed by atoms with Gasteiger partial charge in [0.25, 0.3) is 0 Å². The van der Waals surface area contributed by atoms with Crippen molar-refractivity contribution in [2.45, 2.75) is 40.5 Å². The van der Waals surface area contributed by atoms with Crippen LogP contribution in [0.1, 0.15) is 48.7 Å². The molecule has 0 amide bonds. The van der Waals surface area contributed by atoms with Crippen LogP contribution in [0.15, 0.2) is 48.5 Å². The van der Waals surface area contributed by atoms with Crippen LogP contribution < -0.4 is 5.32 Å². The van der Waals surface area contributed by atoms with E-state index >= 15 is 0 Å². The molecule has 2 rings (SSSR count). The summed E-state index contributed by atoms with van der Waals surface area (Å²) in [7, 11) is 1.92. The van der Waals surface area contributed by atoms with E-state index in [9.17, 15) is 4.79 Å². The number of anilines is 1. The Hall–Kier alpha value is -2.09. The quantitative estimate of drug-likeness (QED) is 0.754. The molecule has 2 aromatic carbocycles. The summed E-state index contributed by atoms with van der Waals surface area (Å²) < 4.78 is 0. The van der Waals surface area contributed by atoms with Crippen LogP contribution in [-0.2, 0) is 6.42 Å². The van der Waals surface area contributed by atoms with Crippen molar-refractivity contribution in [1.29, 1.82) is 0 Å². The summed E-state index contributed by atoms with van der Waals surface area (Å²) in [5.41, 5.74) is 4.53. The number of rotatable bonds is 4. The smallest absolute Gasteiger partial charge is 0.150 e. The lowest BCUT2D eigenvalue weighted by Crippen LogP contribution is -1.85. The molecule has 0 saturated heterocycles. The molecule has 0 unspecified atom stereocenters. The Bertz CT molecular complexity index is 500. The highest BCUT2D eigenvalue weighted by Gasteiger charge is 1.90. The molecule has 2 aromatic rings. The van der Waals surface area contributed by atoms with Crippen molar-refractivity contribution < 1.29 is 4.79 Å². The average molecular weight is 299 g/mol. The van der Waals surface area contributed by atoms with E-state index < -0.39 is 0 Å². The van der Waals surface area contributed by atoms with Crippen molar-refractivity contribution in [3.05, 3.63) is 65.2 Å². The van der Waals surface area contributed by atoms with Gasteiger partial charge in [-0.2, -0.15) is 0 Å². The minimum Gasteiger partial charge on any atom is -0.388 e. The minimum absolute atomic E-state index is 0.754. The van der Waals surface area contributed by atoms with Crippen molar-refractivity contribution in [1.82, 2.24) is 0 Å². The summed E-state index contributed by atoms with van der Waals surface area (Å²) >= 11 is 0. The van der Waals surface area contributed by atoms with E-state index in [1.165, 1.54) is 16.8 Å². The van der Waals surface area contributed by atoms with Crippen LogP contribution in [0.3, 0.4) is 0 Å². The molecule has 22 heavy (non-hydrogen) atoms. The lowest BCUT2D eigenvalue weighted by Gasteiger charge is -1.97. The van der Waals surface area contributed by atoms with Gasteiger partial charge in [-0.15, -0.1) is 0 Å². The first-order chi connectivity index (χ1) is 10.7. The lowest BCUT2D eigenvalue weighted by atomic mass is 10.1. The zero-order valence-electron chi connectivity index (χ0n) is 14.5. The highest BCUT2D eigenvalue weighted by Crippen LogP contribution is 2.06. The van der Waals surface area contributed by atoms with E-state index in [4.69, 9.17) is 0 Å². The normalized spacial score (nSPS) is 8.77. The van der Waals surface area contributed by atoms with Gasteiger partial charge in [-0.3, -0.25) is 4.79 Å². The molecule has 0 aliphatic carbocycles. The fraction of sp³-hybridized carbons (Fsp3) is 0.350. The molecular formula is C20H29NO. The number of aryl methyl sites for hydroxylation is 2. The number of hydrogen-bond acceptors (Lipinski definition) is 2. The van der Waals surface area contributed by atoms with Gasteiger partial charge >= 0.3 is 0 Å². The van der Waals surface area contributed by atoms with Gasteiger partial charge in [-0.1, -0.05) is 69.2 Å². The standard InChI is InChI=1S/C10H12O.C8H11N.C2H6/c1-2-3-9-4-6-10(8-11)7-5-9;1-7-3-5-8(9-2)6-4-7;1-2/h4-8H,2-3H2,1H3;3-6,9H,1-2H3;1-2H3. The topological polar surface area (TPSA) is 29.1 Å². The molecule has 0 bridgehead atoms. The molecule has 0 aliphatic rings. The van der Waals surface area contributed by atoms with E-state index in [0.717, 1.165) is 24.7 Å². The summed E-state index contributed by atoms with van der Waals surface area (Å²) in [5, 5.41) is 3.05. The van der Waals surface area contributed by atoms with Crippen molar-refractivity contribution in [3.8, 4) is 0 Å². The first kappa shape index (κ1) is 19.9. The number of nitrogens with one attached hydrogen (secondary N) is 1. The molecule has 0 atom stereocenters. The van der Waals surface area contributed by atoms with Gasteiger partial charge in [-0.25, -0.2) is 0 Å². The van der Waals surface area contributed by atoms with Crippen molar-refractivity contribution in [2.24, 2.45) is 0 Å². The number of carbonyl (C=O) groups is 1. The molecule has 0 aliphatic heterocycles. The lowest BCUT2D eigenvalue weighted by molar-refractivity contribution is 0.112. The van der Waals surface area contributed by atoms with Crippen LogP contribution in [-0.4, -0.2) is 13.3 Å². The van der Waals surface area contributed by atoms with Crippen LogP contribution in [0.4, 0.5) is 5.69 Å². The van der Waals surface area contributed by atoms with Gasteiger partial charge in [-0.05, 0) is 31.0 Å². The molecule has 0 radical (unpaired) electrons. The number of aldehydes is 1. The molecule has 0 saturated carbocycles. The summed E-state index contributed by atoms with van der Waals surface area (Å²) in [5.74, 6) is 0. The van der Waals surface area contributed by atoms with Crippen molar-refractivity contribution in [2.75, 3.05) is 12.4 Å². The van der Waals surface area contributed by atoms with E-state index in [1.807, 2.05) is 45.2 Å². The third kappa shape index (κ3) is 8.25. The van der Waals surface area contributed by atoms with Crippen LogP contribution in [0, 0.1) is 6.92 Å². The van der Waals surface area contributed by atoms with Crippen LogP contribution >= 0.6 is 0 Å². The molecule has 2 heteroatoms. The first-order valence-electron chi connectivity index (χ1n) is 7.98. The zero-order chi connectivity index (χ0) is 16.8. The third-order valence-electron chi connectivity index (χ3n) is 2.99. The second kappa shape index (κ2) is 12.6. The highest BCUT2D eigenvalue weighted by atomic mass is 16.1. The maximum atomic E-state index is 10.3. The maximum absolute atomic E-state index is 10.3. The Morgan fingerprint density at radius 1 is 0.955 bits per heavy atom. The van der Waals surface area contributed by atoms with E-state index in [2.05, 4.69) is 43.4 Å². The number of carbonyl (C=O) groups excluding carboxylic acids is 1. The summed E-state index contributed by atoms with van der Waals surface area (Å²) in [6.07, 6.45) is 3.12. The SMILES string of the molecule is CC.CCCc1ccc(C=O)cc1.CNc1ccc(C)cc1. The fourth-order valence-electron chi connectivity index (χ4n) is 1.77. The maximum Gasteiger partial charge on any atom is 0.150 e. The van der Waals surface area contributed by atoms with E-state index in [-0.39, 0.29) is 0 Å². The van der Waals surface area contributed by atoms with Crippen molar-refractivity contribution in [3.63, 3.8) is 0 Å².